The third-order valence-corrected chi connectivity index (χ3v) is 6.82. The lowest BCUT2D eigenvalue weighted by molar-refractivity contribution is 0.669. The van der Waals surface area contributed by atoms with Gasteiger partial charge in [0.2, 0.25) is 0 Å². The minimum absolute atomic E-state index is 0.382. The molecule has 0 aliphatic carbocycles. The smallest absolute Gasteiger partial charge is 0.135 e. The van der Waals surface area contributed by atoms with Gasteiger partial charge < -0.3 is 4.42 Å². The zero-order chi connectivity index (χ0) is 51.0. The van der Waals surface area contributed by atoms with Crippen molar-refractivity contribution in [2.75, 3.05) is 0 Å². The molecule has 1 heteroatoms. The Balaban J connectivity index is 1.44. The van der Waals surface area contributed by atoms with Crippen molar-refractivity contribution in [1.82, 2.24) is 0 Å². The van der Waals surface area contributed by atoms with Gasteiger partial charge in [-0.05, 0) is 102 Å². The van der Waals surface area contributed by atoms with E-state index in [2.05, 4.69) is 0 Å². The van der Waals surface area contributed by atoms with Crippen LogP contribution in [0.25, 0.3) is 87.6 Å². The summed E-state index contributed by atoms with van der Waals surface area (Å²) in [5.74, 6) is 0. The zero-order valence-electron chi connectivity index (χ0n) is 47.4. The van der Waals surface area contributed by atoms with Gasteiger partial charge in [0.15, 0.2) is 0 Å². The maximum atomic E-state index is 9.63. The van der Waals surface area contributed by atoms with Crippen molar-refractivity contribution in [2.24, 2.45) is 0 Å². The van der Waals surface area contributed by atoms with E-state index in [1.165, 1.54) is 0 Å². The number of furan rings is 1. The van der Waals surface area contributed by atoms with Crippen LogP contribution in [0.3, 0.4) is 0 Å². The highest BCUT2D eigenvalue weighted by atomic mass is 16.3. The third kappa shape index (κ3) is 3.86. The maximum Gasteiger partial charge on any atom is 0.135 e. The Hall–Kier alpha value is -5.66. The van der Waals surface area contributed by atoms with E-state index in [0.29, 0.717) is 0 Å². The fourth-order valence-corrected chi connectivity index (χ4v) is 4.90. The van der Waals surface area contributed by atoms with Gasteiger partial charge in [-0.1, -0.05) is 121 Å². The lowest BCUT2D eigenvalue weighted by Gasteiger charge is -2.13. The molecule has 9 rings (SSSR count). The van der Waals surface area contributed by atoms with Gasteiger partial charge in [-0.15, -0.1) is 0 Å². The number of para-hydroxylation sites is 1. The number of fused-ring (bicyclic) bond motifs is 9. The van der Waals surface area contributed by atoms with E-state index in [1.807, 2.05) is 0 Å². The Morgan fingerprint density at radius 1 is 0.279 bits per heavy atom. The molecule has 8 aromatic carbocycles. The van der Waals surface area contributed by atoms with Gasteiger partial charge in [0, 0.05) is 10.8 Å². The molecule has 0 atom stereocenters. The monoisotopic (exact) mass is 572 g/mol. The highest BCUT2D eigenvalue weighted by molar-refractivity contribution is 6.25. The van der Waals surface area contributed by atoms with Crippen LogP contribution in [0.1, 0.15) is 35.6 Å². The Labute approximate surface area is 285 Å². The average Bonchev–Trinajstić information content (AvgIpc) is 3.73. The Morgan fingerprint density at radius 3 is 1.26 bits per heavy atom. The first-order valence-corrected chi connectivity index (χ1v) is 12.7. The summed E-state index contributed by atoms with van der Waals surface area (Å²) >= 11 is 0. The zero-order valence-corrected chi connectivity index (χ0v) is 21.4. The Morgan fingerprint density at radius 2 is 0.674 bits per heavy atom. The molecule has 1 aromatic heterocycles. The van der Waals surface area contributed by atoms with E-state index >= 15 is 0 Å². The topological polar surface area (TPSA) is 13.1 Å². The second kappa shape index (κ2) is 9.44. The van der Waals surface area contributed by atoms with Crippen molar-refractivity contribution in [3.63, 3.8) is 0 Å². The predicted molar refractivity (Wildman–Crippen MR) is 183 cm³/mol. The van der Waals surface area contributed by atoms with Crippen molar-refractivity contribution < 1.29 is 40.1 Å². The molecular formula is C42H26O. The molecule has 1 nitrogen and oxygen atoms in total. The van der Waals surface area contributed by atoms with Crippen LogP contribution in [0.4, 0.5) is 0 Å². The van der Waals surface area contributed by atoms with Gasteiger partial charge in [0.05, 0.1) is 35.6 Å². The summed E-state index contributed by atoms with van der Waals surface area (Å²) in [7, 11) is 0. The van der Waals surface area contributed by atoms with Crippen LogP contribution in [-0.2, 0) is 0 Å². The number of hydrogen-bond donors (Lipinski definition) is 0. The van der Waals surface area contributed by atoms with Crippen molar-refractivity contribution in [3.8, 4) is 33.4 Å². The lowest BCUT2D eigenvalue weighted by Crippen LogP contribution is -1.86. The summed E-state index contributed by atoms with van der Waals surface area (Å²) in [5.41, 5.74) is -5.96. The summed E-state index contributed by atoms with van der Waals surface area (Å²) in [6, 6.07) is -22.8. The van der Waals surface area contributed by atoms with Crippen molar-refractivity contribution in [3.05, 3.63) is 157 Å². The molecule has 0 bridgehead atoms. The van der Waals surface area contributed by atoms with Crippen molar-refractivity contribution >= 4 is 54.3 Å². The fourth-order valence-electron chi connectivity index (χ4n) is 4.90. The normalized spacial score (nSPS) is 20.2. The van der Waals surface area contributed by atoms with Gasteiger partial charge in [-0.3, -0.25) is 0 Å². The molecule has 200 valence electrons. The first-order chi connectivity index (χ1) is 32.2. The Bertz CT molecular complexity index is 3920. The molecule has 0 radical (unpaired) electrons. The first-order valence-electron chi connectivity index (χ1n) is 25.7. The van der Waals surface area contributed by atoms with Crippen LogP contribution in [0.2, 0.25) is 0 Å². The Kier molecular flexibility index (Phi) is 2.13. The standard InChI is InChI=1S/C42H26O/c1-2-15-35-33(13-1)34-14-3-4-16-36(34)39-25-31(19-21-37(35)39)29-11-7-9-27(23-29)28-10-8-12-30(24-28)32-20-22-42-40(26-32)38-17-5-6-18-41(38)43-42/h1-26H/i1D,2D,3D,4D,5D,6D,7D,8D,9D,10D,11D,12D,13D,14D,15D,16D,17D,18D,19D,20D,21D,22D,23D,24D,25D,26D. The summed E-state index contributed by atoms with van der Waals surface area (Å²) in [4.78, 5) is 0. The summed E-state index contributed by atoms with van der Waals surface area (Å²) in [5, 5.41) is -3.88. The molecule has 0 saturated carbocycles. The van der Waals surface area contributed by atoms with Gasteiger partial charge >= 0.3 is 0 Å². The second-order valence-electron chi connectivity index (χ2n) is 9.26. The second-order valence-corrected chi connectivity index (χ2v) is 9.26. The molecule has 1 heterocycles. The fraction of sp³-hybridized carbons (Fsp3) is 0. The van der Waals surface area contributed by atoms with Crippen LogP contribution in [0.5, 0.6) is 0 Å². The minimum Gasteiger partial charge on any atom is -0.456 e. The third-order valence-electron chi connectivity index (χ3n) is 6.82. The van der Waals surface area contributed by atoms with Crippen molar-refractivity contribution in [2.45, 2.75) is 0 Å². The average molecular weight is 573 g/mol. The van der Waals surface area contributed by atoms with E-state index in [4.69, 9.17) is 31.8 Å². The molecule has 0 N–H and O–H groups in total. The van der Waals surface area contributed by atoms with Crippen molar-refractivity contribution in [1.29, 1.82) is 0 Å². The maximum absolute atomic E-state index is 9.63. The van der Waals surface area contributed by atoms with E-state index in [1.54, 1.807) is 0 Å². The minimum atomic E-state index is -1.06. The molecule has 0 unspecified atom stereocenters. The van der Waals surface area contributed by atoms with Gasteiger partial charge in [-0.25, -0.2) is 0 Å². The van der Waals surface area contributed by atoms with Crippen LogP contribution >= 0.6 is 0 Å². The van der Waals surface area contributed by atoms with E-state index < -0.39 is 239 Å². The molecule has 0 amide bonds. The quantitative estimate of drug-likeness (QED) is 0.192. The molecule has 0 spiro atoms. The lowest BCUT2D eigenvalue weighted by atomic mass is 9.91. The predicted octanol–water partition coefficient (Wildman–Crippen LogP) is 12.0. The number of hydrogen-bond acceptors (Lipinski definition) is 1. The molecule has 9 aromatic rings. The highest BCUT2D eigenvalue weighted by Crippen LogP contribution is 2.38. The van der Waals surface area contributed by atoms with E-state index in [9.17, 15) is 8.22 Å². The van der Waals surface area contributed by atoms with Crippen LogP contribution in [-0.4, -0.2) is 0 Å². The highest BCUT2D eigenvalue weighted by Gasteiger charge is 2.11. The molecular weight excluding hydrogens is 520 g/mol. The van der Waals surface area contributed by atoms with Crippen LogP contribution in [0.15, 0.2) is 162 Å². The first kappa shape index (κ1) is 9.69. The number of benzene rings is 8. The summed E-state index contributed by atoms with van der Waals surface area (Å²) < 4.78 is 236. The van der Waals surface area contributed by atoms with E-state index in [-0.39, 0.29) is 5.39 Å². The van der Waals surface area contributed by atoms with Gasteiger partial charge in [-0.2, -0.15) is 0 Å². The van der Waals surface area contributed by atoms with Gasteiger partial charge in [0.1, 0.15) is 11.2 Å². The van der Waals surface area contributed by atoms with Crippen LogP contribution in [0, 0.1) is 0 Å². The molecule has 0 aliphatic rings. The molecule has 0 aliphatic heterocycles. The summed E-state index contributed by atoms with van der Waals surface area (Å²) in [6.07, 6.45) is 0. The molecule has 43 heavy (non-hydrogen) atoms. The molecule has 0 fully saturated rings. The summed E-state index contributed by atoms with van der Waals surface area (Å²) in [6.45, 7) is 0. The van der Waals surface area contributed by atoms with Gasteiger partial charge in [0.25, 0.3) is 0 Å². The number of rotatable bonds is 3. The van der Waals surface area contributed by atoms with Crippen LogP contribution < -0.4 is 0 Å². The molecule has 0 saturated heterocycles. The van der Waals surface area contributed by atoms with E-state index in [0.717, 1.165) is 0 Å². The SMILES string of the molecule is [2H]c1c([2H])c(-c2c([2H])c([2H])c([2H])c(-c3c([2H])c([2H])c4c5c([2H])c([2H])c([2H])c([2H])c5c5c([2H])c([2H])c([2H])c([2H])c5c4c3[2H])c2[2H])c([2H])c(-c2c([2H])c([2H])c3oc4c([2H])c([2H])c([2H])c([2H])c4c3c2[2H])c1[2H]. The largest absolute Gasteiger partial charge is 0.456 e.